The normalized spacial score (nSPS) is 10.9. The molecule has 2 heterocycles. The molecule has 2 aromatic heterocycles. The Labute approximate surface area is 179 Å². The fraction of sp³-hybridized carbons (Fsp3) is 0.167. The van der Waals surface area contributed by atoms with Gasteiger partial charge in [-0.3, -0.25) is 10.1 Å². The zero-order chi connectivity index (χ0) is 21.1. The number of rotatable bonds is 7. The van der Waals surface area contributed by atoms with Gasteiger partial charge in [-0.1, -0.05) is 36.4 Å². The van der Waals surface area contributed by atoms with Crippen molar-refractivity contribution in [1.29, 1.82) is 0 Å². The zero-order valence-electron chi connectivity index (χ0n) is 17.0. The van der Waals surface area contributed by atoms with Gasteiger partial charge in [0.1, 0.15) is 5.75 Å². The number of aryl methyl sites for hydroxylation is 1. The molecule has 0 spiro atoms. The molecule has 0 bridgehead atoms. The molecule has 2 aromatic carbocycles. The van der Waals surface area contributed by atoms with Gasteiger partial charge >= 0.3 is 0 Å². The minimum absolute atomic E-state index is 0.0684. The summed E-state index contributed by atoms with van der Waals surface area (Å²) < 4.78 is 7.85. The Morgan fingerprint density at radius 3 is 2.80 bits per heavy atom. The molecule has 0 aliphatic rings. The number of thiazole rings is 1. The second kappa shape index (κ2) is 8.55. The van der Waals surface area contributed by atoms with Crippen molar-refractivity contribution in [1.82, 2.24) is 9.55 Å². The summed E-state index contributed by atoms with van der Waals surface area (Å²) in [6.07, 6.45) is 1.88. The van der Waals surface area contributed by atoms with Crippen LogP contribution in [0.2, 0.25) is 0 Å². The minimum Gasteiger partial charge on any atom is -0.484 e. The third kappa shape index (κ3) is 4.14. The molecule has 4 aromatic rings. The lowest BCUT2D eigenvalue weighted by Crippen LogP contribution is -2.20. The highest BCUT2D eigenvalue weighted by Crippen LogP contribution is 2.30. The topological polar surface area (TPSA) is 56.2 Å². The van der Waals surface area contributed by atoms with E-state index in [4.69, 9.17) is 4.74 Å². The van der Waals surface area contributed by atoms with Crippen LogP contribution in [-0.4, -0.2) is 22.1 Å². The van der Waals surface area contributed by atoms with Crippen LogP contribution in [0.5, 0.6) is 5.75 Å². The Kier molecular flexibility index (Phi) is 5.68. The molecule has 4 rings (SSSR count). The van der Waals surface area contributed by atoms with Crippen LogP contribution in [0.25, 0.3) is 22.0 Å². The van der Waals surface area contributed by atoms with Crippen LogP contribution < -0.4 is 10.1 Å². The number of carbonyl (C=O) groups excluding carboxylic acids is 1. The van der Waals surface area contributed by atoms with Crippen molar-refractivity contribution in [2.45, 2.75) is 20.4 Å². The maximum Gasteiger partial charge on any atom is 0.264 e. The van der Waals surface area contributed by atoms with E-state index in [-0.39, 0.29) is 12.5 Å². The Balaban J connectivity index is 1.40. The Bertz CT molecular complexity index is 1220. The van der Waals surface area contributed by atoms with E-state index < -0.39 is 0 Å². The van der Waals surface area contributed by atoms with E-state index in [1.807, 2.05) is 53.9 Å². The lowest BCUT2D eigenvalue weighted by molar-refractivity contribution is -0.118. The average molecular weight is 418 g/mol. The van der Waals surface area contributed by atoms with Gasteiger partial charge in [-0.05, 0) is 42.8 Å². The summed E-state index contributed by atoms with van der Waals surface area (Å²) in [5.74, 6) is 0.430. The Morgan fingerprint density at radius 1 is 1.20 bits per heavy atom. The molecule has 30 heavy (non-hydrogen) atoms. The van der Waals surface area contributed by atoms with Gasteiger partial charge in [0.2, 0.25) is 0 Å². The highest BCUT2D eigenvalue weighted by atomic mass is 32.1. The summed E-state index contributed by atoms with van der Waals surface area (Å²) in [5, 5.41) is 7.56. The van der Waals surface area contributed by atoms with E-state index in [2.05, 4.69) is 41.4 Å². The molecule has 0 atom stereocenters. The van der Waals surface area contributed by atoms with Crippen molar-refractivity contribution >= 4 is 33.1 Å². The van der Waals surface area contributed by atoms with Gasteiger partial charge in [-0.15, -0.1) is 17.9 Å². The molecule has 0 saturated carbocycles. The Morgan fingerprint density at radius 2 is 2.00 bits per heavy atom. The SMILES string of the molecule is C=CCn1c(C)cc(-c2csc(NC(=O)COc3ccc4ccccc4c3)n2)c1C. The number of allylic oxidation sites excluding steroid dienone is 1. The third-order valence-corrected chi connectivity index (χ3v) is 5.76. The second-order valence-electron chi connectivity index (χ2n) is 7.07. The van der Waals surface area contributed by atoms with Crippen molar-refractivity contribution in [3.63, 3.8) is 0 Å². The molecule has 5 nitrogen and oxygen atoms in total. The van der Waals surface area contributed by atoms with Gasteiger partial charge in [0.25, 0.3) is 5.91 Å². The number of hydrogen-bond acceptors (Lipinski definition) is 4. The van der Waals surface area contributed by atoms with Gasteiger partial charge in [0, 0.05) is 28.9 Å². The van der Waals surface area contributed by atoms with Crippen LogP contribution in [0.1, 0.15) is 11.4 Å². The summed E-state index contributed by atoms with van der Waals surface area (Å²) in [6, 6.07) is 15.9. The van der Waals surface area contributed by atoms with E-state index in [1.54, 1.807) is 0 Å². The number of ether oxygens (including phenoxy) is 1. The first-order valence-electron chi connectivity index (χ1n) is 9.70. The molecule has 1 N–H and O–H groups in total. The molecule has 152 valence electrons. The maximum atomic E-state index is 12.3. The van der Waals surface area contributed by atoms with Gasteiger partial charge in [0.05, 0.1) is 5.69 Å². The number of benzene rings is 2. The van der Waals surface area contributed by atoms with Crippen LogP contribution >= 0.6 is 11.3 Å². The number of hydrogen-bond donors (Lipinski definition) is 1. The molecular weight excluding hydrogens is 394 g/mol. The van der Waals surface area contributed by atoms with Crippen molar-refractivity contribution < 1.29 is 9.53 Å². The summed E-state index contributed by atoms with van der Waals surface area (Å²) in [5.41, 5.74) is 4.22. The third-order valence-electron chi connectivity index (χ3n) is 5.00. The van der Waals surface area contributed by atoms with Crippen LogP contribution in [0, 0.1) is 13.8 Å². The predicted molar refractivity (Wildman–Crippen MR) is 123 cm³/mol. The summed E-state index contributed by atoms with van der Waals surface area (Å²) in [6.45, 7) is 8.65. The maximum absolute atomic E-state index is 12.3. The molecule has 1 amide bonds. The standard InChI is InChI=1S/C24H23N3O2S/c1-4-11-27-16(2)12-21(17(27)3)22-15-30-24(25-22)26-23(28)14-29-20-10-9-18-7-5-6-8-19(18)13-20/h4-10,12-13,15H,1,11,14H2,2-3H3,(H,25,26,28). The number of fused-ring (bicyclic) bond motifs is 1. The molecule has 0 unspecified atom stereocenters. The van der Waals surface area contributed by atoms with Crippen LogP contribution in [0.4, 0.5) is 5.13 Å². The van der Waals surface area contributed by atoms with Crippen LogP contribution in [-0.2, 0) is 11.3 Å². The number of amides is 1. The first-order chi connectivity index (χ1) is 14.5. The van der Waals surface area contributed by atoms with Crippen LogP contribution in [0.15, 0.2) is 66.6 Å². The van der Waals surface area contributed by atoms with Gasteiger partial charge < -0.3 is 9.30 Å². The van der Waals surface area contributed by atoms with Crippen molar-refractivity contribution in [2.24, 2.45) is 0 Å². The van der Waals surface area contributed by atoms with E-state index in [0.29, 0.717) is 10.9 Å². The smallest absolute Gasteiger partial charge is 0.264 e. The lowest BCUT2D eigenvalue weighted by atomic mass is 10.1. The van der Waals surface area contributed by atoms with Crippen molar-refractivity contribution in [2.75, 3.05) is 11.9 Å². The largest absolute Gasteiger partial charge is 0.484 e. The number of aromatic nitrogens is 2. The first kappa shape index (κ1) is 19.9. The number of carbonyl (C=O) groups is 1. The van der Waals surface area contributed by atoms with E-state index in [9.17, 15) is 4.79 Å². The quantitative estimate of drug-likeness (QED) is 0.399. The Hall–Kier alpha value is -3.38. The monoisotopic (exact) mass is 417 g/mol. The number of nitrogens with one attached hydrogen (secondary N) is 1. The predicted octanol–water partition coefficient (Wildman–Crippen LogP) is 5.59. The fourth-order valence-electron chi connectivity index (χ4n) is 3.49. The summed E-state index contributed by atoms with van der Waals surface area (Å²) in [4.78, 5) is 16.9. The first-order valence-corrected chi connectivity index (χ1v) is 10.6. The van der Waals surface area contributed by atoms with Crippen molar-refractivity contribution in [3.05, 3.63) is 78.0 Å². The lowest BCUT2D eigenvalue weighted by Gasteiger charge is -2.07. The van der Waals surface area contributed by atoms with E-state index >= 15 is 0 Å². The highest BCUT2D eigenvalue weighted by molar-refractivity contribution is 7.14. The molecule has 0 aliphatic carbocycles. The molecule has 0 fully saturated rings. The van der Waals surface area contributed by atoms with E-state index in [1.165, 1.54) is 11.3 Å². The van der Waals surface area contributed by atoms with Gasteiger partial charge in [-0.2, -0.15) is 0 Å². The summed E-state index contributed by atoms with van der Waals surface area (Å²) >= 11 is 1.41. The molecule has 0 aliphatic heterocycles. The highest BCUT2D eigenvalue weighted by Gasteiger charge is 2.14. The molecule has 6 heteroatoms. The van der Waals surface area contributed by atoms with Crippen molar-refractivity contribution in [3.8, 4) is 17.0 Å². The molecule has 0 radical (unpaired) electrons. The minimum atomic E-state index is -0.235. The molecular formula is C24H23N3O2S. The van der Waals surface area contributed by atoms with Gasteiger partial charge in [0.15, 0.2) is 11.7 Å². The van der Waals surface area contributed by atoms with Crippen LogP contribution in [0.3, 0.4) is 0 Å². The zero-order valence-corrected chi connectivity index (χ0v) is 17.8. The number of nitrogens with zero attached hydrogens (tertiary/aromatic N) is 2. The van der Waals surface area contributed by atoms with Gasteiger partial charge in [-0.25, -0.2) is 4.98 Å². The van der Waals surface area contributed by atoms with E-state index in [0.717, 1.165) is 40.0 Å². The second-order valence-corrected chi connectivity index (χ2v) is 7.93. The number of anilines is 1. The summed E-state index contributed by atoms with van der Waals surface area (Å²) in [7, 11) is 0. The molecule has 0 saturated heterocycles. The average Bonchev–Trinajstić information content (AvgIpc) is 3.32. The fourth-order valence-corrected chi connectivity index (χ4v) is 4.21.